The van der Waals surface area contributed by atoms with Gasteiger partial charge in [0.05, 0.1) is 36.1 Å². The highest BCUT2D eigenvalue weighted by Crippen LogP contribution is 2.25. The summed E-state index contributed by atoms with van der Waals surface area (Å²) in [5, 5.41) is 3.70. The van der Waals surface area contributed by atoms with E-state index in [4.69, 9.17) is 9.47 Å². The minimum absolute atomic E-state index is 0.0413. The number of fused-ring (bicyclic) bond motifs is 1. The molecule has 0 fully saturated rings. The van der Waals surface area contributed by atoms with Crippen molar-refractivity contribution in [2.24, 2.45) is 0 Å². The third-order valence-corrected chi connectivity index (χ3v) is 5.74. The van der Waals surface area contributed by atoms with Gasteiger partial charge in [0.25, 0.3) is 0 Å². The average molecular weight is 442 g/mol. The molecule has 7 nitrogen and oxygen atoms in total. The van der Waals surface area contributed by atoms with Crippen LogP contribution in [0.3, 0.4) is 0 Å². The number of nitrogens with one attached hydrogen (secondary N) is 1. The van der Waals surface area contributed by atoms with E-state index < -0.39 is 0 Å². The number of amides is 1. The van der Waals surface area contributed by atoms with E-state index in [1.165, 1.54) is 11.8 Å². The van der Waals surface area contributed by atoms with Crippen molar-refractivity contribution in [1.82, 2.24) is 14.9 Å². The fourth-order valence-corrected chi connectivity index (χ4v) is 4.09. The molecule has 1 amide bonds. The van der Waals surface area contributed by atoms with E-state index in [2.05, 4.69) is 10.3 Å². The fourth-order valence-electron chi connectivity index (χ4n) is 3.18. The summed E-state index contributed by atoms with van der Waals surface area (Å²) in [4.78, 5) is 28.9. The van der Waals surface area contributed by atoms with Gasteiger partial charge < -0.3 is 19.4 Å². The molecule has 0 saturated heterocycles. The molecule has 0 aliphatic carbocycles. The quantitative estimate of drug-likeness (QED) is 0.382. The average Bonchev–Trinajstić information content (AvgIpc) is 3.15. The first kappa shape index (κ1) is 22.7. The zero-order valence-corrected chi connectivity index (χ0v) is 18.8. The highest BCUT2D eigenvalue weighted by atomic mass is 32.2. The van der Waals surface area contributed by atoms with Crippen LogP contribution in [0.15, 0.2) is 47.6 Å². The van der Waals surface area contributed by atoms with Gasteiger partial charge >= 0.3 is 5.97 Å². The summed E-state index contributed by atoms with van der Waals surface area (Å²) in [6, 6.07) is 13.2. The minimum atomic E-state index is -0.360. The van der Waals surface area contributed by atoms with Crippen molar-refractivity contribution in [3.05, 3.63) is 53.6 Å². The number of hydrogen-bond donors (Lipinski definition) is 1. The Morgan fingerprint density at radius 3 is 2.58 bits per heavy atom. The summed E-state index contributed by atoms with van der Waals surface area (Å²) in [6.07, 6.45) is 0.754. The fraction of sp³-hybridized carbons (Fsp3) is 0.348. The number of methoxy groups -OCH3 is 1. The number of hydrogen-bond acceptors (Lipinski definition) is 6. The Kier molecular flexibility index (Phi) is 7.94. The Balaban J connectivity index is 1.57. The number of aryl methyl sites for hydroxylation is 1. The highest BCUT2D eigenvalue weighted by Gasteiger charge is 2.15. The molecule has 2 aromatic carbocycles. The van der Waals surface area contributed by atoms with Crippen molar-refractivity contribution in [2.75, 3.05) is 26.0 Å². The SMILES string of the molecule is CCOC(=O)c1ccc2c(c1)nc(SCC(=O)NCCc1ccc(OC)cc1)n2CC. The molecule has 0 bridgehead atoms. The molecule has 3 aromatic rings. The van der Waals surface area contributed by atoms with Crippen LogP contribution in [0.1, 0.15) is 29.8 Å². The van der Waals surface area contributed by atoms with E-state index in [1.54, 1.807) is 26.2 Å². The highest BCUT2D eigenvalue weighted by molar-refractivity contribution is 7.99. The summed E-state index contributed by atoms with van der Waals surface area (Å²) in [7, 11) is 1.64. The van der Waals surface area contributed by atoms with Crippen molar-refractivity contribution in [2.45, 2.75) is 32.0 Å². The lowest BCUT2D eigenvalue weighted by molar-refractivity contribution is -0.118. The number of nitrogens with zero attached hydrogens (tertiary/aromatic N) is 2. The number of aromatic nitrogens is 2. The number of thioether (sulfide) groups is 1. The topological polar surface area (TPSA) is 82.4 Å². The standard InChI is InChI=1S/C23H27N3O4S/c1-4-26-20-11-8-17(22(28)30-5-2)14-19(20)25-23(26)31-15-21(27)24-13-12-16-6-9-18(29-3)10-7-16/h6-11,14H,4-5,12-13,15H2,1-3H3,(H,24,27). The maximum Gasteiger partial charge on any atom is 0.338 e. The van der Waals surface area contributed by atoms with Crippen LogP contribution in [0.4, 0.5) is 0 Å². The van der Waals surface area contributed by atoms with E-state index in [-0.39, 0.29) is 17.6 Å². The lowest BCUT2D eigenvalue weighted by Gasteiger charge is -2.07. The molecule has 8 heteroatoms. The van der Waals surface area contributed by atoms with Crippen molar-refractivity contribution < 1.29 is 19.1 Å². The van der Waals surface area contributed by atoms with Crippen LogP contribution in [-0.4, -0.2) is 47.4 Å². The molecule has 1 heterocycles. The third-order valence-electron chi connectivity index (χ3n) is 4.77. The molecule has 3 rings (SSSR count). The molecule has 0 radical (unpaired) electrons. The number of benzene rings is 2. The van der Waals surface area contributed by atoms with Gasteiger partial charge in [-0.1, -0.05) is 23.9 Å². The Hall–Kier alpha value is -3.00. The van der Waals surface area contributed by atoms with E-state index in [0.717, 1.165) is 40.5 Å². The van der Waals surface area contributed by atoms with Crippen molar-refractivity contribution in [3.63, 3.8) is 0 Å². The maximum atomic E-state index is 12.3. The molecule has 0 unspecified atom stereocenters. The summed E-state index contributed by atoms with van der Waals surface area (Å²) in [5.74, 6) is 0.690. The zero-order valence-electron chi connectivity index (χ0n) is 18.0. The molecule has 0 atom stereocenters. The summed E-state index contributed by atoms with van der Waals surface area (Å²) < 4.78 is 12.3. The molecule has 0 aliphatic rings. The van der Waals surface area contributed by atoms with Crippen LogP contribution in [0, 0.1) is 0 Å². The molecular weight excluding hydrogens is 414 g/mol. The largest absolute Gasteiger partial charge is 0.497 e. The predicted octanol–water partition coefficient (Wildman–Crippen LogP) is 3.69. The molecule has 0 spiro atoms. The lowest BCUT2D eigenvalue weighted by atomic mass is 10.1. The lowest BCUT2D eigenvalue weighted by Crippen LogP contribution is -2.27. The number of imidazole rings is 1. The second-order valence-electron chi connectivity index (χ2n) is 6.80. The van der Waals surface area contributed by atoms with Gasteiger partial charge in [0.15, 0.2) is 5.16 Å². The molecule has 31 heavy (non-hydrogen) atoms. The van der Waals surface area contributed by atoms with Gasteiger partial charge in [-0.15, -0.1) is 0 Å². The van der Waals surface area contributed by atoms with Gasteiger partial charge in [-0.25, -0.2) is 9.78 Å². The number of esters is 1. The van der Waals surface area contributed by atoms with Crippen LogP contribution >= 0.6 is 11.8 Å². The van der Waals surface area contributed by atoms with Gasteiger partial charge in [0.1, 0.15) is 5.75 Å². The maximum absolute atomic E-state index is 12.3. The number of carbonyl (C=O) groups excluding carboxylic acids is 2. The van der Waals surface area contributed by atoms with E-state index in [1.807, 2.05) is 41.8 Å². The minimum Gasteiger partial charge on any atom is -0.497 e. The Bertz CT molecular complexity index is 1050. The number of ether oxygens (including phenoxy) is 2. The van der Waals surface area contributed by atoms with Crippen LogP contribution < -0.4 is 10.1 Å². The van der Waals surface area contributed by atoms with Crippen molar-refractivity contribution in [1.29, 1.82) is 0 Å². The molecule has 0 saturated carbocycles. The summed E-state index contributed by atoms with van der Waals surface area (Å²) >= 11 is 1.39. The van der Waals surface area contributed by atoms with Gasteiger partial charge in [0, 0.05) is 13.1 Å². The summed E-state index contributed by atoms with van der Waals surface area (Å²) in [5.41, 5.74) is 3.26. The second kappa shape index (κ2) is 10.9. The third kappa shape index (κ3) is 5.79. The van der Waals surface area contributed by atoms with Crippen molar-refractivity contribution in [3.8, 4) is 5.75 Å². The number of rotatable bonds is 10. The van der Waals surface area contributed by atoms with Crippen LogP contribution in [0.2, 0.25) is 0 Å². The van der Waals surface area contributed by atoms with Crippen molar-refractivity contribution >= 4 is 34.7 Å². The smallest absolute Gasteiger partial charge is 0.338 e. The van der Waals surface area contributed by atoms with Gasteiger partial charge in [-0.3, -0.25) is 4.79 Å². The first-order chi connectivity index (χ1) is 15.0. The number of carbonyl (C=O) groups is 2. The van der Waals surface area contributed by atoms with Gasteiger partial charge in [0.2, 0.25) is 5.91 Å². The second-order valence-corrected chi connectivity index (χ2v) is 7.74. The van der Waals surface area contributed by atoms with Gasteiger partial charge in [-0.2, -0.15) is 0 Å². The zero-order chi connectivity index (χ0) is 22.2. The van der Waals surface area contributed by atoms with Crippen LogP contribution in [-0.2, 0) is 22.5 Å². The van der Waals surface area contributed by atoms with E-state index in [9.17, 15) is 9.59 Å². The van der Waals surface area contributed by atoms with Crippen LogP contribution in [0.25, 0.3) is 11.0 Å². The monoisotopic (exact) mass is 441 g/mol. The van der Waals surface area contributed by atoms with Gasteiger partial charge in [-0.05, 0) is 56.2 Å². The Morgan fingerprint density at radius 2 is 1.90 bits per heavy atom. The molecule has 164 valence electrons. The Labute approximate surface area is 186 Å². The molecule has 1 aromatic heterocycles. The Morgan fingerprint density at radius 1 is 1.13 bits per heavy atom. The van der Waals surface area contributed by atoms with E-state index in [0.29, 0.717) is 18.7 Å². The first-order valence-corrected chi connectivity index (χ1v) is 11.2. The first-order valence-electron chi connectivity index (χ1n) is 10.3. The molecular formula is C23H27N3O4S. The molecule has 0 aliphatic heterocycles. The summed E-state index contributed by atoms with van der Waals surface area (Å²) in [6.45, 7) is 5.42. The van der Waals surface area contributed by atoms with E-state index >= 15 is 0 Å². The normalized spacial score (nSPS) is 10.8. The predicted molar refractivity (Wildman–Crippen MR) is 122 cm³/mol. The van der Waals surface area contributed by atoms with Crippen LogP contribution in [0.5, 0.6) is 5.75 Å². The molecule has 1 N–H and O–H groups in total.